The van der Waals surface area contributed by atoms with Crippen LogP contribution in [0.1, 0.15) is 23.2 Å². The van der Waals surface area contributed by atoms with Crippen LogP contribution in [-0.2, 0) is 24.2 Å². The van der Waals surface area contributed by atoms with E-state index in [1.54, 1.807) is 0 Å². The number of hydrogen-bond acceptors (Lipinski definition) is 3. The Labute approximate surface area is 117 Å². The van der Waals surface area contributed by atoms with Crippen molar-refractivity contribution in [2.45, 2.75) is 25.8 Å². The first-order chi connectivity index (χ1) is 9.83. The van der Waals surface area contributed by atoms with E-state index in [0.29, 0.717) is 12.2 Å². The predicted octanol–water partition coefficient (Wildman–Crippen LogP) is 1.63. The van der Waals surface area contributed by atoms with Gasteiger partial charge in [-0.2, -0.15) is 5.10 Å². The Bertz CT molecular complexity index is 591. The summed E-state index contributed by atoms with van der Waals surface area (Å²) in [4.78, 5) is 12.0. The van der Waals surface area contributed by atoms with E-state index in [4.69, 9.17) is 0 Å². The molecule has 1 aliphatic heterocycles. The minimum Gasteiger partial charge on any atom is -0.311 e. The van der Waals surface area contributed by atoms with E-state index in [1.165, 1.54) is 5.56 Å². The van der Waals surface area contributed by atoms with Gasteiger partial charge in [0.05, 0.1) is 5.69 Å². The second-order valence-corrected chi connectivity index (χ2v) is 4.99. The third kappa shape index (κ3) is 2.88. The average Bonchev–Trinajstić information content (AvgIpc) is 2.90. The summed E-state index contributed by atoms with van der Waals surface area (Å²) >= 11 is 0. The molecule has 2 heterocycles. The standard InChI is InChI=1S/C15H18N4O/c20-14(7-6-11-4-2-1-3-5-11)17-15-12-8-9-16-10-13(12)18-19-15/h1-5,16H,6-10H2,(H2,17,18,19,20). The molecule has 0 radical (unpaired) electrons. The molecule has 1 aromatic heterocycles. The van der Waals surface area contributed by atoms with Crippen molar-refractivity contribution in [2.24, 2.45) is 0 Å². The molecule has 1 aliphatic rings. The van der Waals surface area contributed by atoms with E-state index < -0.39 is 0 Å². The average molecular weight is 270 g/mol. The van der Waals surface area contributed by atoms with Crippen LogP contribution in [0.5, 0.6) is 0 Å². The number of carbonyl (C=O) groups is 1. The number of amides is 1. The summed E-state index contributed by atoms with van der Waals surface area (Å²) in [6.45, 7) is 1.72. The Hall–Kier alpha value is -2.14. The van der Waals surface area contributed by atoms with Gasteiger partial charge in [0, 0.05) is 18.5 Å². The van der Waals surface area contributed by atoms with Crippen LogP contribution < -0.4 is 10.6 Å². The number of H-pyrrole nitrogens is 1. The molecule has 0 saturated heterocycles. The quantitative estimate of drug-likeness (QED) is 0.791. The lowest BCUT2D eigenvalue weighted by molar-refractivity contribution is -0.116. The fraction of sp³-hybridized carbons (Fsp3) is 0.333. The van der Waals surface area contributed by atoms with Gasteiger partial charge in [-0.1, -0.05) is 30.3 Å². The second kappa shape index (κ2) is 5.88. The zero-order valence-corrected chi connectivity index (χ0v) is 11.3. The largest absolute Gasteiger partial charge is 0.311 e. The topological polar surface area (TPSA) is 69.8 Å². The molecule has 0 atom stereocenters. The number of anilines is 1. The maximum Gasteiger partial charge on any atom is 0.225 e. The summed E-state index contributed by atoms with van der Waals surface area (Å²) in [6.07, 6.45) is 2.13. The molecule has 3 N–H and O–H groups in total. The molecule has 2 aromatic rings. The lowest BCUT2D eigenvalue weighted by Gasteiger charge is -2.13. The third-order valence-corrected chi connectivity index (χ3v) is 3.55. The van der Waals surface area contributed by atoms with E-state index in [-0.39, 0.29) is 5.91 Å². The van der Waals surface area contributed by atoms with Gasteiger partial charge in [0.25, 0.3) is 0 Å². The minimum atomic E-state index is 0.0154. The van der Waals surface area contributed by atoms with Crippen LogP contribution in [0.2, 0.25) is 0 Å². The number of hydrogen-bond donors (Lipinski definition) is 3. The fourth-order valence-corrected chi connectivity index (χ4v) is 2.44. The summed E-state index contributed by atoms with van der Waals surface area (Å²) in [6, 6.07) is 10.0. The van der Waals surface area contributed by atoms with Gasteiger partial charge in [-0.15, -0.1) is 0 Å². The Morgan fingerprint density at radius 3 is 3.00 bits per heavy atom. The van der Waals surface area contributed by atoms with Gasteiger partial charge in [0.15, 0.2) is 5.82 Å². The van der Waals surface area contributed by atoms with Crippen LogP contribution in [0, 0.1) is 0 Å². The van der Waals surface area contributed by atoms with Gasteiger partial charge >= 0.3 is 0 Å². The first-order valence-electron chi connectivity index (χ1n) is 6.93. The zero-order valence-electron chi connectivity index (χ0n) is 11.3. The SMILES string of the molecule is O=C(CCc1ccccc1)Nc1n[nH]c2c1CCNC2. The van der Waals surface area contributed by atoms with Gasteiger partial charge in [0.1, 0.15) is 0 Å². The molecule has 5 heteroatoms. The molecule has 0 unspecified atom stereocenters. The van der Waals surface area contributed by atoms with Crippen molar-refractivity contribution in [1.82, 2.24) is 15.5 Å². The lowest BCUT2D eigenvalue weighted by Crippen LogP contribution is -2.24. The van der Waals surface area contributed by atoms with Crippen LogP contribution >= 0.6 is 0 Å². The molecule has 1 aromatic carbocycles. The van der Waals surface area contributed by atoms with Gasteiger partial charge in [-0.3, -0.25) is 9.89 Å². The Kier molecular flexibility index (Phi) is 3.78. The van der Waals surface area contributed by atoms with Crippen molar-refractivity contribution in [2.75, 3.05) is 11.9 Å². The van der Waals surface area contributed by atoms with Crippen LogP contribution in [-0.4, -0.2) is 22.6 Å². The molecule has 3 rings (SSSR count). The van der Waals surface area contributed by atoms with Gasteiger partial charge in [-0.25, -0.2) is 0 Å². The van der Waals surface area contributed by atoms with Crippen LogP contribution in [0.4, 0.5) is 5.82 Å². The number of nitrogens with one attached hydrogen (secondary N) is 3. The molecule has 1 amide bonds. The molecular weight excluding hydrogens is 252 g/mol. The number of carbonyl (C=O) groups excluding carboxylic acids is 1. The first kappa shape index (κ1) is 12.9. The van der Waals surface area contributed by atoms with Crippen LogP contribution in [0.25, 0.3) is 0 Å². The van der Waals surface area contributed by atoms with Gasteiger partial charge < -0.3 is 10.6 Å². The normalized spacial score (nSPS) is 13.8. The summed E-state index contributed by atoms with van der Waals surface area (Å²) in [5.74, 6) is 0.709. The molecule has 0 spiro atoms. The molecule has 20 heavy (non-hydrogen) atoms. The highest BCUT2D eigenvalue weighted by Gasteiger charge is 2.17. The monoisotopic (exact) mass is 270 g/mol. The number of aromatic amines is 1. The maximum atomic E-state index is 12.0. The highest BCUT2D eigenvalue weighted by Crippen LogP contribution is 2.20. The number of nitrogens with zero attached hydrogens (tertiary/aromatic N) is 1. The molecule has 0 aliphatic carbocycles. The maximum absolute atomic E-state index is 12.0. The van der Waals surface area contributed by atoms with Crippen molar-refractivity contribution in [3.8, 4) is 0 Å². The van der Waals surface area contributed by atoms with E-state index >= 15 is 0 Å². The minimum absolute atomic E-state index is 0.0154. The zero-order chi connectivity index (χ0) is 13.8. The molecular formula is C15H18N4O. The van der Waals surface area contributed by atoms with Crippen LogP contribution in [0.15, 0.2) is 30.3 Å². The highest BCUT2D eigenvalue weighted by atomic mass is 16.1. The Morgan fingerprint density at radius 2 is 2.15 bits per heavy atom. The summed E-state index contributed by atoms with van der Waals surface area (Å²) in [7, 11) is 0. The van der Waals surface area contributed by atoms with Gasteiger partial charge in [-0.05, 0) is 24.9 Å². The molecule has 0 saturated carbocycles. The third-order valence-electron chi connectivity index (χ3n) is 3.55. The van der Waals surface area contributed by atoms with E-state index in [0.717, 1.165) is 37.2 Å². The van der Waals surface area contributed by atoms with Crippen molar-refractivity contribution < 1.29 is 4.79 Å². The van der Waals surface area contributed by atoms with E-state index in [1.807, 2.05) is 30.3 Å². The van der Waals surface area contributed by atoms with Crippen molar-refractivity contribution >= 4 is 11.7 Å². The number of fused-ring (bicyclic) bond motifs is 1. The number of rotatable bonds is 4. The Balaban J connectivity index is 1.58. The number of benzene rings is 1. The lowest BCUT2D eigenvalue weighted by atomic mass is 10.1. The van der Waals surface area contributed by atoms with Crippen molar-refractivity contribution in [3.05, 3.63) is 47.2 Å². The fourth-order valence-electron chi connectivity index (χ4n) is 2.44. The smallest absolute Gasteiger partial charge is 0.225 e. The number of aryl methyl sites for hydroxylation is 1. The van der Waals surface area contributed by atoms with Crippen molar-refractivity contribution in [1.29, 1.82) is 0 Å². The first-order valence-corrected chi connectivity index (χ1v) is 6.93. The van der Waals surface area contributed by atoms with Gasteiger partial charge in [0.2, 0.25) is 5.91 Å². The van der Waals surface area contributed by atoms with Crippen molar-refractivity contribution in [3.63, 3.8) is 0 Å². The molecule has 5 nitrogen and oxygen atoms in total. The predicted molar refractivity (Wildman–Crippen MR) is 77.4 cm³/mol. The molecule has 104 valence electrons. The Morgan fingerprint density at radius 1 is 1.30 bits per heavy atom. The number of aromatic nitrogens is 2. The summed E-state index contributed by atoms with van der Waals surface area (Å²) in [5, 5.41) is 13.4. The second-order valence-electron chi connectivity index (χ2n) is 4.99. The highest BCUT2D eigenvalue weighted by molar-refractivity contribution is 5.90. The van der Waals surface area contributed by atoms with E-state index in [9.17, 15) is 4.79 Å². The van der Waals surface area contributed by atoms with Crippen LogP contribution in [0.3, 0.4) is 0 Å². The van der Waals surface area contributed by atoms with E-state index in [2.05, 4.69) is 20.8 Å². The summed E-state index contributed by atoms with van der Waals surface area (Å²) < 4.78 is 0. The molecule has 0 bridgehead atoms. The summed E-state index contributed by atoms with van der Waals surface area (Å²) in [5.41, 5.74) is 3.39. The molecule has 0 fully saturated rings.